The minimum Gasteiger partial charge on any atom is -0.504 e. The van der Waals surface area contributed by atoms with E-state index >= 15 is 0 Å². The summed E-state index contributed by atoms with van der Waals surface area (Å²) in [4.78, 5) is 9.26. The van der Waals surface area contributed by atoms with Gasteiger partial charge in [-0.2, -0.15) is 0 Å². The van der Waals surface area contributed by atoms with Crippen LogP contribution in [0.25, 0.3) is 10.4 Å². The van der Waals surface area contributed by atoms with Gasteiger partial charge < -0.3 is 9.84 Å². The van der Waals surface area contributed by atoms with Gasteiger partial charge in [-0.15, -0.1) is 11.3 Å². The zero-order chi connectivity index (χ0) is 18.1. The van der Waals surface area contributed by atoms with E-state index < -0.39 is 0 Å². The van der Waals surface area contributed by atoms with E-state index in [4.69, 9.17) is 4.74 Å². The lowest BCUT2D eigenvalue weighted by atomic mass is 10.1. The van der Waals surface area contributed by atoms with Crippen molar-refractivity contribution >= 4 is 11.3 Å². The Balaban J connectivity index is 1.64. The number of hydrogen-bond acceptors (Lipinski definition) is 5. The highest BCUT2D eigenvalue weighted by Crippen LogP contribution is 2.39. The Morgan fingerprint density at radius 2 is 2.12 bits per heavy atom. The largest absolute Gasteiger partial charge is 0.504 e. The molecule has 5 heteroatoms. The molecule has 0 amide bonds. The fourth-order valence-electron chi connectivity index (χ4n) is 3.32. The number of nitrogens with zero attached hydrogens (tertiary/aromatic N) is 2. The van der Waals surface area contributed by atoms with Gasteiger partial charge in [0.2, 0.25) is 0 Å². The van der Waals surface area contributed by atoms with Crippen molar-refractivity contribution in [2.45, 2.75) is 26.9 Å². The molecule has 4 rings (SSSR count). The van der Waals surface area contributed by atoms with Gasteiger partial charge in [0.15, 0.2) is 11.5 Å². The van der Waals surface area contributed by atoms with Crippen molar-refractivity contribution in [3.05, 3.63) is 64.3 Å². The Morgan fingerprint density at radius 3 is 2.88 bits per heavy atom. The molecule has 3 aromatic rings. The molecule has 26 heavy (non-hydrogen) atoms. The summed E-state index contributed by atoms with van der Waals surface area (Å²) in [6.45, 7) is 7.06. The number of fused-ring (bicyclic) bond motifs is 1. The van der Waals surface area contributed by atoms with Crippen LogP contribution in [0.3, 0.4) is 0 Å². The van der Waals surface area contributed by atoms with E-state index in [9.17, 15) is 5.11 Å². The van der Waals surface area contributed by atoms with Crippen molar-refractivity contribution in [3.63, 3.8) is 0 Å². The number of aryl methyl sites for hydroxylation is 2. The molecule has 2 aromatic heterocycles. The second-order valence-corrected chi connectivity index (χ2v) is 8.01. The van der Waals surface area contributed by atoms with E-state index in [0.717, 1.165) is 41.3 Å². The van der Waals surface area contributed by atoms with E-state index in [1.807, 2.05) is 18.3 Å². The molecule has 1 aliphatic rings. The first kappa shape index (κ1) is 17.1. The number of thiophene rings is 1. The van der Waals surface area contributed by atoms with Gasteiger partial charge in [0.1, 0.15) is 6.61 Å². The van der Waals surface area contributed by atoms with Crippen LogP contribution in [-0.2, 0) is 13.1 Å². The van der Waals surface area contributed by atoms with Crippen LogP contribution in [0.4, 0.5) is 0 Å². The van der Waals surface area contributed by atoms with Crippen molar-refractivity contribution in [1.29, 1.82) is 0 Å². The predicted octanol–water partition coefficient (Wildman–Crippen LogP) is 4.53. The lowest BCUT2D eigenvalue weighted by Crippen LogP contribution is -2.26. The highest BCUT2D eigenvalue weighted by atomic mass is 32.1. The van der Waals surface area contributed by atoms with Crippen LogP contribution in [0.15, 0.2) is 42.6 Å². The molecule has 0 unspecified atom stereocenters. The number of aromatic hydroxyl groups is 1. The Labute approximate surface area is 157 Å². The Kier molecular flexibility index (Phi) is 4.66. The van der Waals surface area contributed by atoms with Gasteiger partial charge in [-0.25, -0.2) is 0 Å². The maximum Gasteiger partial charge on any atom is 0.165 e. The topological polar surface area (TPSA) is 45.6 Å². The third-order valence-electron chi connectivity index (χ3n) is 4.71. The number of pyridine rings is 1. The molecular formula is C21H22N2O2S. The Bertz CT molecular complexity index is 936. The van der Waals surface area contributed by atoms with Crippen LogP contribution < -0.4 is 4.74 Å². The maximum atomic E-state index is 10.5. The number of rotatable bonds is 3. The predicted molar refractivity (Wildman–Crippen MR) is 105 cm³/mol. The molecule has 0 bridgehead atoms. The second kappa shape index (κ2) is 7.09. The average molecular weight is 366 g/mol. The number of phenolic OH excluding ortho intramolecular Hbond substituents is 1. The summed E-state index contributed by atoms with van der Waals surface area (Å²) in [5.41, 5.74) is 4.35. The van der Waals surface area contributed by atoms with E-state index in [-0.39, 0.29) is 5.75 Å². The lowest BCUT2D eigenvalue weighted by Gasteiger charge is -2.20. The van der Waals surface area contributed by atoms with Gasteiger partial charge in [0.25, 0.3) is 0 Å². The normalized spacial score (nSPS) is 14.5. The van der Waals surface area contributed by atoms with E-state index in [1.54, 1.807) is 11.3 Å². The summed E-state index contributed by atoms with van der Waals surface area (Å²) < 4.78 is 5.86. The van der Waals surface area contributed by atoms with Crippen LogP contribution in [0.5, 0.6) is 11.5 Å². The average Bonchev–Trinajstić information content (AvgIpc) is 2.94. The van der Waals surface area contributed by atoms with Crippen LogP contribution >= 0.6 is 11.3 Å². The first-order valence-corrected chi connectivity index (χ1v) is 9.60. The number of hydrogen-bond donors (Lipinski definition) is 1. The molecule has 0 radical (unpaired) electrons. The number of benzene rings is 1. The molecule has 1 N–H and O–H groups in total. The first-order valence-electron chi connectivity index (χ1n) is 8.78. The first-order chi connectivity index (χ1) is 12.6. The highest BCUT2D eigenvalue weighted by Gasteiger charge is 2.21. The Hall–Kier alpha value is -2.37. The minimum atomic E-state index is 0.222. The van der Waals surface area contributed by atoms with Crippen molar-refractivity contribution in [1.82, 2.24) is 9.88 Å². The van der Waals surface area contributed by atoms with Gasteiger partial charge in [-0.1, -0.05) is 6.07 Å². The van der Waals surface area contributed by atoms with Crippen molar-refractivity contribution in [2.75, 3.05) is 13.2 Å². The fourth-order valence-corrected chi connectivity index (χ4v) is 4.17. The minimum absolute atomic E-state index is 0.222. The van der Waals surface area contributed by atoms with Crippen LogP contribution in [-0.4, -0.2) is 28.1 Å². The fraction of sp³-hybridized carbons (Fsp3) is 0.286. The monoisotopic (exact) mass is 366 g/mol. The number of phenols is 1. The summed E-state index contributed by atoms with van der Waals surface area (Å²) in [6.07, 6.45) is 1.84. The second-order valence-electron chi connectivity index (χ2n) is 6.72. The number of ether oxygens (including phenoxy) is 1. The lowest BCUT2D eigenvalue weighted by molar-refractivity contribution is 0.215. The summed E-state index contributed by atoms with van der Waals surface area (Å²) >= 11 is 1.74. The SMILES string of the molecule is Cc1ccc(-c2cc(O)c3c(c2)CN(Cc2ncccc2C)CCO3)s1. The molecule has 134 valence electrons. The molecule has 0 saturated carbocycles. The summed E-state index contributed by atoms with van der Waals surface area (Å²) in [5, 5.41) is 10.5. The van der Waals surface area contributed by atoms with Gasteiger partial charge in [-0.3, -0.25) is 9.88 Å². The molecule has 1 aliphatic heterocycles. The molecule has 4 nitrogen and oxygen atoms in total. The molecule has 3 heterocycles. The molecule has 0 atom stereocenters. The van der Waals surface area contributed by atoms with Crippen molar-refractivity contribution in [2.24, 2.45) is 0 Å². The third-order valence-corrected chi connectivity index (χ3v) is 5.76. The van der Waals surface area contributed by atoms with Gasteiger partial charge in [0.05, 0.1) is 5.69 Å². The number of aromatic nitrogens is 1. The summed E-state index contributed by atoms with van der Waals surface area (Å²) in [7, 11) is 0. The van der Waals surface area contributed by atoms with Gasteiger partial charge in [0, 0.05) is 41.1 Å². The van der Waals surface area contributed by atoms with Gasteiger partial charge in [-0.05, 0) is 55.3 Å². The third kappa shape index (κ3) is 3.45. The van der Waals surface area contributed by atoms with Crippen molar-refractivity contribution < 1.29 is 9.84 Å². The van der Waals surface area contributed by atoms with Crippen LogP contribution in [0.1, 0.15) is 21.7 Å². The van der Waals surface area contributed by atoms with E-state index in [1.165, 1.54) is 10.4 Å². The molecule has 1 aromatic carbocycles. The molecule has 0 aliphatic carbocycles. The molecule has 0 fully saturated rings. The standard InChI is InChI=1S/C21H22N2O2S/c1-14-4-3-7-22-18(14)13-23-8-9-25-21-17(12-23)10-16(11-19(21)24)20-6-5-15(2)26-20/h3-7,10-11,24H,8-9,12-13H2,1-2H3. The van der Waals surface area contributed by atoms with Crippen LogP contribution in [0.2, 0.25) is 0 Å². The zero-order valence-corrected chi connectivity index (χ0v) is 15.8. The highest BCUT2D eigenvalue weighted by molar-refractivity contribution is 7.15. The molecular weight excluding hydrogens is 344 g/mol. The van der Waals surface area contributed by atoms with Crippen LogP contribution in [0, 0.1) is 13.8 Å². The quantitative estimate of drug-likeness (QED) is 0.740. The zero-order valence-electron chi connectivity index (χ0n) is 15.0. The molecule has 0 saturated heterocycles. The Morgan fingerprint density at radius 1 is 1.23 bits per heavy atom. The van der Waals surface area contributed by atoms with E-state index in [0.29, 0.717) is 12.4 Å². The maximum absolute atomic E-state index is 10.5. The van der Waals surface area contributed by atoms with Gasteiger partial charge >= 0.3 is 0 Å². The van der Waals surface area contributed by atoms with E-state index in [2.05, 4.69) is 48.0 Å². The van der Waals surface area contributed by atoms with Crippen molar-refractivity contribution in [3.8, 4) is 21.9 Å². The molecule has 0 spiro atoms. The smallest absolute Gasteiger partial charge is 0.165 e. The summed E-state index contributed by atoms with van der Waals surface area (Å²) in [6, 6.07) is 12.2. The summed E-state index contributed by atoms with van der Waals surface area (Å²) in [5.74, 6) is 0.835.